The minimum absolute atomic E-state index is 0.0102. The predicted molar refractivity (Wildman–Crippen MR) is 180 cm³/mol. The van der Waals surface area contributed by atoms with E-state index in [-0.39, 0.29) is 44.9 Å². The SMILES string of the molecule is CN1C(=O)C(C)(C)c2cc(F)c(NC(=O)c3ccncc3Cl)cc21.Cc1cc(C(=O)Nc2c(F)cc3c(c2F)N(C)C(=O)C3(C)C)ccn1. The zero-order chi connectivity index (χ0) is 36.2. The fourth-order valence-electron chi connectivity index (χ4n) is 5.86. The van der Waals surface area contributed by atoms with E-state index >= 15 is 0 Å². The van der Waals surface area contributed by atoms with Crippen molar-refractivity contribution in [3.05, 3.63) is 105 Å². The number of fused-ring (bicyclic) bond motifs is 2. The number of carbonyl (C=O) groups is 4. The van der Waals surface area contributed by atoms with Gasteiger partial charge in [0.05, 0.1) is 32.8 Å². The first-order chi connectivity index (χ1) is 22.9. The lowest BCUT2D eigenvalue weighted by molar-refractivity contribution is -0.122. The summed E-state index contributed by atoms with van der Waals surface area (Å²) in [6, 6.07) is 8.27. The zero-order valence-corrected chi connectivity index (χ0v) is 28.4. The second-order valence-corrected chi connectivity index (χ2v) is 13.1. The quantitative estimate of drug-likeness (QED) is 0.250. The number of rotatable bonds is 4. The lowest BCUT2D eigenvalue weighted by atomic mass is 9.86. The largest absolute Gasteiger partial charge is 0.319 e. The van der Waals surface area contributed by atoms with E-state index in [0.29, 0.717) is 16.9 Å². The van der Waals surface area contributed by atoms with Crippen molar-refractivity contribution < 1.29 is 32.3 Å². The average Bonchev–Trinajstić information content (AvgIpc) is 3.32. The molecule has 254 valence electrons. The number of hydrogen-bond donors (Lipinski definition) is 2. The molecule has 0 unspecified atom stereocenters. The summed E-state index contributed by atoms with van der Waals surface area (Å²) in [7, 11) is 3.05. The van der Waals surface area contributed by atoms with Crippen LogP contribution in [-0.4, -0.2) is 47.7 Å². The van der Waals surface area contributed by atoms with Crippen LogP contribution in [0.25, 0.3) is 0 Å². The van der Waals surface area contributed by atoms with Crippen LogP contribution in [0.15, 0.2) is 55.0 Å². The number of pyridine rings is 2. The lowest BCUT2D eigenvalue weighted by Crippen LogP contribution is -2.33. The molecule has 0 atom stereocenters. The maximum Gasteiger partial charge on any atom is 0.257 e. The van der Waals surface area contributed by atoms with Crippen LogP contribution in [0.3, 0.4) is 0 Å². The van der Waals surface area contributed by atoms with Crippen molar-refractivity contribution in [1.82, 2.24) is 9.97 Å². The molecule has 10 nitrogen and oxygen atoms in total. The molecule has 0 aliphatic carbocycles. The molecule has 2 N–H and O–H groups in total. The molecule has 14 heteroatoms. The smallest absolute Gasteiger partial charge is 0.257 e. The van der Waals surface area contributed by atoms with E-state index in [1.807, 2.05) is 0 Å². The Morgan fingerprint density at radius 1 is 0.816 bits per heavy atom. The van der Waals surface area contributed by atoms with Gasteiger partial charge in [0.15, 0.2) is 5.82 Å². The lowest BCUT2D eigenvalue weighted by Gasteiger charge is -2.16. The number of carbonyl (C=O) groups excluding carboxylic acids is 4. The van der Waals surface area contributed by atoms with Gasteiger partial charge >= 0.3 is 0 Å². The van der Waals surface area contributed by atoms with Crippen LogP contribution in [0, 0.1) is 24.4 Å². The van der Waals surface area contributed by atoms with Crippen LogP contribution < -0.4 is 20.4 Å². The second kappa shape index (κ2) is 12.6. The van der Waals surface area contributed by atoms with E-state index in [0.717, 1.165) is 11.0 Å². The first-order valence-electron chi connectivity index (χ1n) is 15.0. The van der Waals surface area contributed by atoms with Crippen molar-refractivity contribution in [2.45, 2.75) is 45.4 Å². The Kier molecular flexibility index (Phi) is 9.02. The van der Waals surface area contributed by atoms with Gasteiger partial charge in [0.2, 0.25) is 11.8 Å². The molecule has 0 fully saturated rings. The van der Waals surface area contributed by atoms with E-state index < -0.39 is 45.8 Å². The maximum atomic E-state index is 14.9. The minimum atomic E-state index is -1.03. The van der Waals surface area contributed by atoms with Gasteiger partial charge in [-0.15, -0.1) is 0 Å². The summed E-state index contributed by atoms with van der Waals surface area (Å²) < 4.78 is 43.8. The van der Waals surface area contributed by atoms with Gasteiger partial charge in [-0.2, -0.15) is 0 Å². The van der Waals surface area contributed by atoms with Crippen molar-refractivity contribution in [2.24, 2.45) is 0 Å². The summed E-state index contributed by atoms with van der Waals surface area (Å²) in [5, 5.41) is 4.93. The van der Waals surface area contributed by atoms with Crippen LogP contribution in [0.2, 0.25) is 5.02 Å². The summed E-state index contributed by atoms with van der Waals surface area (Å²) in [5.41, 5.74) is 0.0145. The van der Waals surface area contributed by atoms with Gasteiger partial charge in [-0.1, -0.05) is 11.6 Å². The molecule has 2 aromatic heterocycles. The highest BCUT2D eigenvalue weighted by atomic mass is 35.5. The van der Waals surface area contributed by atoms with Crippen LogP contribution in [0.5, 0.6) is 0 Å². The van der Waals surface area contributed by atoms with E-state index in [4.69, 9.17) is 11.6 Å². The molecular formula is C35H32ClF3N6O4. The number of amides is 4. The number of benzene rings is 2. The third kappa shape index (κ3) is 6.10. The predicted octanol–water partition coefficient (Wildman–Crippen LogP) is 6.55. The molecule has 0 saturated heterocycles. The van der Waals surface area contributed by atoms with Crippen molar-refractivity contribution in [1.29, 1.82) is 0 Å². The van der Waals surface area contributed by atoms with Crippen LogP contribution in [-0.2, 0) is 20.4 Å². The summed E-state index contributed by atoms with van der Waals surface area (Å²) in [4.78, 5) is 59.5. The van der Waals surface area contributed by atoms with E-state index in [9.17, 15) is 32.3 Å². The standard InChI is InChI=1S/C18H17F2N3O2.C17H15ClFN3O2/c1-9-7-10(5-6-21-9)16(24)22-14-12(19)8-11-15(13(14)20)23(4)17(25)18(11,2)3;1-17(2)10-6-12(19)13(7-14(10)22(3)16(17)24)21-15(23)9-4-5-20-8-11(9)18/h5-8H,1-4H3,(H,22,24);4-8H,1-3H3,(H,21,23). The number of aryl methyl sites for hydroxylation is 1. The molecule has 6 rings (SSSR count). The fraction of sp³-hybridized carbons (Fsp3) is 0.257. The molecule has 2 aliphatic rings. The number of aromatic nitrogens is 2. The van der Waals surface area contributed by atoms with E-state index in [1.54, 1.807) is 41.7 Å². The molecule has 0 radical (unpaired) electrons. The van der Waals surface area contributed by atoms with Gasteiger partial charge < -0.3 is 20.4 Å². The highest BCUT2D eigenvalue weighted by Crippen LogP contribution is 2.46. The Hall–Kier alpha value is -5.30. The van der Waals surface area contributed by atoms with Crippen LogP contribution >= 0.6 is 11.6 Å². The number of halogens is 4. The molecule has 0 bridgehead atoms. The Bertz CT molecular complexity index is 2070. The number of anilines is 4. The molecule has 2 aliphatic heterocycles. The van der Waals surface area contributed by atoms with Gasteiger partial charge in [-0.3, -0.25) is 29.1 Å². The molecule has 0 spiro atoms. The molecule has 4 amide bonds. The van der Waals surface area contributed by atoms with Gasteiger partial charge in [0.1, 0.15) is 17.3 Å². The minimum Gasteiger partial charge on any atom is -0.319 e. The third-order valence-corrected chi connectivity index (χ3v) is 8.96. The van der Waals surface area contributed by atoms with Gasteiger partial charge in [-0.05, 0) is 82.1 Å². The molecule has 49 heavy (non-hydrogen) atoms. The first kappa shape index (κ1) is 35.0. The molecular weight excluding hydrogens is 661 g/mol. The summed E-state index contributed by atoms with van der Waals surface area (Å²) >= 11 is 5.93. The van der Waals surface area contributed by atoms with Crippen molar-refractivity contribution in [2.75, 3.05) is 34.5 Å². The topological polar surface area (TPSA) is 125 Å². The van der Waals surface area contributed by atoms with Gasteiger partial charge in [0.25, 0.3) is 11.8 Å². The van der Waals surface area contributed by atoms with Crippen LogP contribution in [0.4, 0.5) is 35.9 Å². The van der Waals surface area contributed by atoms with E-state index in [1.165, 1.54) is 60.9 Å². The summed E-state index contributed by atoms with van der Waals surface area (Å²) in [6.45, 7) is 8.40. The Labute approximate surface area is 285 Å². The molecule has 0 saturated carbocycles. The molecule has 4 heterocycles. The molecule has 2 aromatic carbocycles. The van der Waals surface area contributed by atoms with Crippen molar-refractivity contribution in [3.8, 4) is 0 Å². The maximum absolute atomic E-state index is 14.9. The fourth-order valence-corrected chi connectivity index (χ4v) is 6.07. The third-order valence-electron chi connectivity index (χ3n) is 8.66. The first-order valence-corrected chi connectivity index (χ1v) is 15.3. The number of nitrogens with zero attached hydrogens (tertiary/aromatic N) is 4. The zero-order valence-electron chi connectivity index (χ0n) is 27.6. The van der Waals surface area contributed by atoms with Crippen LogP contribution in [0.1, 0.15) is 65.2 Å². The Morgan fingerprint density at radius 2 is 1.45 bits per heavy atom. The average molecular weight is 693 g/mol. The van der Waals surface area contributed by atoms with Crippen molar-refractivity contribution >= 4 is 58.0 Å². The monoisotopic (exact) mass is 692 g/mol. The Morgan fingerprint density at radius 3 is 2.10 bits per heavy atom. The summed E-state index contributed by atoms with van der Waals surface area (Å²) in [6.07, 6.45) is 4.20. The normalized spacial score (nSPS) is 15.3. The second-order valence-electron chi connectivity index (χ2n) is 12.7. The van der Waals surface area contributed by atoms with E-state index in [2.05, 4.69) is 20.6 Å². The highest BCUT2D eigenvalue weighted by Gasteiger charge is 2.46. The highest BCUT2D eigenvalue weighted by molar-refractivity contribution is 6.34. The van der Waals surface area contributed by atoms with Gasteiger partial charge in [0, 0.05) is 49.6 Å². The number of likely N-dealkylation sites (N-methyl/N-ethyl adjacent to an activating group) is 2. The Balaban J connectivity index is 0.000000191. The van der Waals surface area contributed by atoms with Crippen molar-refractivity contribution in [3.63, 3.8) is 0 Å². The number of nitrogens with one attached hydrogen (secondary N) is 2. The number of hydrogen-bond acceptors (Lipinski definition) is 6. The van der Waals surface area contributed by atoms with Gasteiger partial charge in [-0.25, -0.2) is 13.2 Å². The summed E-state index contributed by atoms with van der Waals surface area (Å²) in [5.74, 6) is -4.17. The molecule has 4 aromatic rings.